The number of hydrogen-bond acceptors (Lipinski definition) is 17. The molecule has 92 heavy (non-hydrogen) atoms. The smallest absolute Gasteiger partial charge is 0.870 e. The quantitative estimate of drug-likeness (QED) is 0.00621. The number of nitrogens with one attached hydrogen (secondary N) is 1. The first kappa shape index (κ1) is 102. The number of azide groups is 1. The largest absolute Gasteiger partial charge is 1.00 e. The number of carboxylic acids is 2. The number of ether oxygens (including phenoxy) is 2. The first-order valence-corrected chi connectivity index (χ1v) is 29.0. The molecule has 0 aliphatic rings. The van der Waals surface area contributed by atoms with Crippen LogP contribution in [0.4, 0.5) is 5.69 Å². The summed E-state index contributed by atoms with van der Waals surface area (Å²) >= 11 is 0. The molecule has 0 radical (unpaired) electrons. The van der Waals surface area contributed by atoms with E-state index < -0.39 is 45.3 Å². The Kier molecular flexibility index (Phi) is 68.8. The van der Waals surface area contributed by atoms with Crippen LogP contribution in [0.3, 0.4) is 0 Å². The number of nitrogens with zero attached hydrogens (tertiary/aromatic N) is 3. The number of ketones is 3. The molecule has 0 aliphatic carbocycles. The fourth-order valence-electron chi connectivity index (χ4n) is 7.52. The van der Waals surface area contributed by atoms with Gasteiger partial charge in [0.15, 0.2) is 0 Å². The van der Waals surface area contributed by atoms with E-state index >= 15 is 0 Å². The molecule has 5 rings (SSSR count). The number of carbonyl (C=O) groups excluding carboxylic acids is 8. The van der Waals surface area contributed by atoms with Crippen LogP contribution in [0.5, 0.6) is 0 Å². The summed E-state index contributed by atoms with van der Waals surface area (Å²) in [6.45, 7) is 9.76. The fraction of sp³-hybridized carbons (Fsp3) is 0.409. The molecule has 0 spiro atoms. The molecule has 492 valence electrons. The van der Waals surface area contributed by atoms with Crippen molar-refractivity contribution in [2.75, 3.05) is 19.5 Å². The summed E-state index contributed by atoms with van der Waals surface area (Å²) < 4.78 is 34.3. The van der Waals surface area contributed by atoms with E-state index in [0.29, 0.717) is 17.7 Å². The van der Waals surface area contributed by atoms with Crippen molar-refractivity contribution in [3.05, 3.63) is 176 Å². The van der Waals surface area contributed by atoms with E-state index in [-0.39, 0.29) is 140 Å². The maximum Gasteiger partial charge on any atom is 1.00 e. The third kappa shape index (κ3) is 46.7. The SMILES string of the molecule is C.C.C.CC(=O)Nc1ccc(S(=O)(=O)N=[N+]=[N-])cc1.CCCCCc1cccc(C(=O)C(=O)O)c1.CCCCCc1cccc(C(=O)C(=O)OC)c1.CCCCCc1cccc(C(=O)C(=O)[O-])c1.CCCCCc1cccc(CC(=O)OC)c1.O=CO[O-].[Li+].[Na+].[Na+].[OH-]. The third-order valence-corrected chi connectivity index (χ3v) is 13.0. The van der Waals surface area contributed by atoms with Crippen molar-refractivity contribution in [1.29, 1.82) is 0 Å². The Bertz CT molecular complexity index is 3000. The Morgan fingerprint density at radius 3 is 1.24 bits per heavy atom. The standard InChI is InChI=1S/C14H18O3.C14H20O2.2C13H16O3.C8H8N4O3S.CH2O3.3CH4.Li.2Na.H2O/c1-3-4-5-7-11-8-6-9-12(10-11)13(15)14(16)17-2;1-3-4-5-7-12-8-6-9-13(10-12)11-14(15)16-2;2*1-2-3-4-6-10-7-5-8-11(9-10)12(14)13(15)16;1-6(13)10-7-2-4-8(5-3-7)16(14,15)12-11-9;2-1-4-3;;;;;;;/h6,8-10H,3-5,7H2,1-2H3;6,8-10H,3-5,7,11H2,1-2H3;2*5,7-9H,2-4,6H2,1H3,(H,15,16);2-5H,1H3,(H,10,13);1,3H;3*1H4;;;;1H2/q;;;;;;;;;3*+1;/p-3. The van der Waals surface area contributed by atoms with E-state index in [4.69, 9.17) is 20.7 Å². The van der Waals surface area contributed by atoms with Gasteiger partial charge in [-0.2, -0.15) is 0 Å². The summed E-state index contributed by atoms with van der Waals surface area (Å²) in [4.78, 5) is 101. The number of amides is 1. The summed E-state index contributed by atoms with van der Waals surface area (Å²) in [5.74, 6) is -6.65. The number of Topliss-reactive ketones (excluding diaryl/α,β-unsaturated/α-hetero) is 3. The number of sulfonamides is 1. The van der Waals surface area contributed by atoms with Crippen molar-refractivity contribution < 1.29 is 165 Å². The molecule has 0 bridgehead atoms. The average molecular weight is 1310 g/mol. The fourth-order valence-corrected chi connectivity index (χ4v) is 8.19. The summed E-state index contributed by atoms with van der Waals surface area (Å²) in [5.41, 5.74) is 14.9. The molecule has 0 fully saturated rings. The number of methoxy groups -OCH3 is 2. The van der Waals surface area contributed by atoms with E-state index in [1.54, 1.807) is 48.5 Å². The normalized spacial score (nSPS) is 9.13. The Hall–Kier alpha value is -6.29. The van der Waals surface area contributed by atoms with Crippen LogP contribution in [0, 0.1) is 0 Å². The summed E-state index contributed by atoms with van der Waals surface area (Å²) in [6, 6.07) is 34.3. The van der Waals surface area contributed by atoms with E-state index in [2.05, 4.69) is 68.9 Å². The molecule has 0 atom stereocenters. The van der Waals surface area contributed by atoms with Gasteiger partial charge in [-0.1, -0.05) is 180 Å². The minimum atomic E-state index is -3.96. The second kappa shape index (κ2) is 62.2. The summed E-state index contributed by atoms with van der Waals surface area (Å²) in [5, 5.41) is 29.9. The zero-order chi connectivity index (χ0) is 64.0. The zero-order valence-corrected chi connectivity index (χ0v) is 57.6. The molecule has 22 nitrogen and oxygen atoms in total. The third-order valence-electron chi connectivity index (χ3n) is 11.8. The number of aliphatic carboxylic acids is 2. The number of carbonyl (C=O) groups is 9. The van der Waals surface area contributed by atoms with Gasteiger partial charge < -0.3 is 45.4 Å². The number of rotatable bonds is 28. The van der Waals surface area contributed by atoms with Gasteiger partial charge in [0.1, 0.15) is 5.97 Å². The number of aryl methyl sites for hydroxylation is 4. The van der Waals surface area contributed by atoms with Crippen molar-refractivity contribution >= 4 is 69.3 Å². The van der Waals surface area contributed by atoms with Crippen molar-refractivity contribution in [2.24, 2.45) is 4.52 Å². The van der Waals surface area contributed by atoms with Crippen molar-refractivity contribution in [2.45, 2.75) is 171 Å². The van der Waals surface area contributed by atoms with Gasteiger partial charge in [-0.05, 0) is 127 Å². The second-order valence-corrected chi connectivity index (χ2v) is 20.2. The number of esters is 2. The maximum atomic E-state index is 11.6. The van der Waals surface area contributed by atoms with Gasteiger partial charge in [-0.15, -0.1) is 0 Å². The molecule has 0 unspecified atom stereocenters. The minimum absolute atomic E-state index is 0. The van der Waals surface area contributed by atoms with E-state index in [9.17, 15) is 51.9 Å². The molecule has 0 aliphatic heterocycles. The molecule has 3 N–H and O–H groups in total. The average Bonchev–Trinajstić information content (AvgIpc) is 3.53. The second-order valence-electron chi connectivity index (χ2n) is 18.6. The van der Waals surface area contributed by atoms with E-state index in [1.807, 2.05) is 30.3 Å². The van der Waals surface area contributed by atoms with Crippen LogP contribution in [0.25, 0.3) is 10.4 Å². The van der Waals surface area contributed by atoms with Crippen molar-refractivity contribution in [3.8, 4) is 0 Å². The predicted octanol–water partition coefficient (Wildman–Crippen LogP) is 2.77. The maximum absolute atomic E-state index is 11.6. The number of unbranched alkanes of at least 4 members (excludes halogenated alkanes) is 8. The molecule has 1 amide bonds. The van der Waals surface area contributed by atoms with Crippen LogP contribution < -0.4 is 93.7 Å². The summed E-state index contributed by atoms with van der Waals surface area (Å²) in [7, 11) is -1.32. The topological polar surface area (TPSA) is 373 Å². The molecule has 5 aromatic carbocycles. The molecule has 0 saturated heterocycles. The van der Waals surface area contributed by atoms with E-state index in [1.165, 1.54) is 89.1 Å². The molecule has 0 aromatic heterocycles. The van der Waals surface area contributed by atoms with Gasteiger partial charge in [0.2, 0.25) is 11.7 Å². The Labute approximate surface area is 600 Å². The number of benzene rings is 5. The zero-order valence-electron chi connectivity index (χ0n) is 52.8. The Balaban J connectivity index is -0.000000154. The van der Waals surface area contributed by atoms with Crippen LogP contribution in [0.2, 0.25) is 0 Å². The van der Waals surface area contributed by atoms with Crippen LogP contribution in [-0.4, -0.2) is 86.8 Å². The molecular weight excluding hydrogens is 1220 g/mol. The predicted molar refractivity (Wildman–Crippen MR) is 338 cm³/mol. The van der Waals surface area contributed by atoms with Crippen LogP contribution in [0.15, 0.2) is 131 Å². The number of anilines is 1. The summed E-state index contributed by atoms with van der Waals surface area (Å²) in [6.07, 6.45) is 18.1. The van der Waals surface area contributed by atoms with Crippen LogP contribution >= 0.6 is 0 Å². The van der Waals surface area contributed by atoms with Crippen LogP contribution in [-0.2, 0) is 85.3 Å². The van der Waals surface area contributed by atoms with Crippen LogP contribution in [0.1, 0.15) is 193 Å². The van der Waals surface area contributed by atoms with Gasteiger partial charge in [-0.3, -0.25) is 28.8 Å². The van der Waals surface area contributed by atoms with Crippen molar-refractivity contribution in [3.63, 3.8) is 0 Å². The van der Waals surface area contributed by atoms with Crippen molar-refractivity contribution in [1.82, 2.24) is 0 Å². The van der Waals surface area contributed by atoms with Gasteiger partial charge in [0.05, 0.1) is 25.5 Å². The molecule has 5 aromatic rings. The molecule has 26 heteroatoms. The molecule has 0 heterocycles. The molecular formula is C66H91LiN4Na2O18S. The first-order valence-electron chi connectivity index (χ1n) is 27.6. The number of carboxylic acid groups (broad SMARTS) is 2. The minimum Gasteiger partial charge on any atom is -0.870 e. The van der Waals surface area contributed by atoms with Gasteiger partial charge in [0.25, 0.3) is 28.1 Å². The first-order chi connectivity index (χ1) is 40.6. The van der Waals surface area contributed by atoms with Gasteiger partial charge in [0, 0.05) is 38.7 Å². The van der Waals surface area contributed by atoms with Gasteiger partial charge >= 0.3 is 95.9 Å². The monoisotopic (exact) mass is 1310 g/mol. The van der Waals surface area contributed by atoms with Gasteiger partial charge in [-0.25, -0.2) is 18.0 Å². The van der Waals surface area contributed by atoms with E-state index in [0.717, 1.165) is 92.9 Å². The molecule has 0 saturated carbocycles. The number of hydrogen-bond donors (Lipinski definition) is 2. The Morgan fingerprint density at radius 1 is 0.576 bits per heavy atom. The Morgan fingerprint density at radius 2 is 0.924 bits per heavy atom.